The van der Waals surface area contributed by atoms with E-state index in [1.807, 2.05) is 18.2 Å². The summed E-state index contributed by atoms with van der Waals surface area (Å²) in [5.41, 5.74) is 9.40. The molecule has 0 aromatic heterocycles. The first-order valence-electron chi connectivity index (χ1n) is 8.18. The van der Waals surface area contributed by atoms with Crippen LogP contribution in [0.25, 0.3) is 0 Å². The number of benzene rings is 2. The van der Waals surface area contributed by atoms with Crippen molar-refractivity contribution in [1.82, 2.24) is 4.90 Å². The van der Waals surface area contributed by atoms with Crippen molar-refractivity contribution in [3.8, 4) is 5.75 Å². The number of rotatable bonds is 3. The highest BCUT2D eigenvalue weighted by molar-refractivity contribution is 5.94. The smallest absolute Gasteiger partial charge is 0.434 e. The van der Waals surface area contributed by atoms with Crippen LogP contribution in [0.5, 0.6) is 5.75 Å². The molecule has 6 nitrogen and oxygen atoms in total. The van der Waals surface area contributed by atoms with Crippen molar-refractivity contribution in [1.29, 1.82) is 0 Å². The number of hydrogen-bond donors (Lipinski definition) is 1. The number of nitrogen functional groups attached to an aromatic ring is 1. The van der Waals surface area contributed by atoms with Crippen LogP contribution in [0.15, 0.2) is 42.5 Å². The van der Waals surface area contributed by atoms with E-state index in [-0.39, 0.29) is 12.5 Å². The van der Waals surface area contributed by atoms with E-state index in [0.29, 0.717) is 30.1 Å². The van der Waals surface area contributed by atoms with Crippen molar-refractivity contribution in [2.24, 2.45) is 0 Å². The Balaban J connectivity index is 1.68. The van der Waals surface area contributed by atoms with Gasteiger partial charge in [0.15, 0.2) is 0 Å². The zero-order valence-corrected chi connectivity index (χ0v) is 14.0. The fourth-order valence-electron chi connectivity index (χ4n) is 2.84. The highest BCUT2D eigenvalue weighted by atomic mass is 16.7. The molecular formula is C19H20N2O4. The Kier molecular flexibility index (Phi) is 4.88. The molecule has 0 atom stereocenters. The van der Waals surface area contributed by atoms with Crippen molar-refractivity contribution in [3.63, 3.8) is 0 Å². The summed E-state index contributed by atoms with van der Waals surface area (Å²) in [6.45, 7) is 3.15. The summed E-state index contributed by atoms with van der Waals surface area (Å²) >= 11 is 0. The van der Waals surface area contributed by atoms with Crippen molar-refractivity contribution >= 4 is 17.7 Å². The molecule has 3 rings (SSSR count). The van der Waals surface area contributed by atoms with Gasteiger partial charge in [-0.1, -0.05) is 6.07 Å². The second kappa shape index (κ2) is 7.25. The quantitative estimate of drug-likeness (QED) is 0.528. The zero-order valence-electron chi connectivity index (χ0n) is 14.0. The van der Waals surface area contributed by atoms with Gasteiger partial charge in [0.2, 0.25) is 0 Å². The Morgan fingerprint density at radius 1 is 1.12 bits per heavy atom. The van der Waals surface area contributed by atoms with E-state index in [4.69, 9.17) is 15.2 Å². The Labute approximate surface area is 146 Å². The van der Waals surface area contributed by atoms with Crippen LogP contribution in [-0.4, -0.2) is 30.1 Å². The molecule has 6 heteroatoms. The average Bonchev–Trinajstić information content (AvgIpc) is 2.61. The number of hydrogen-bond acceptors (Lipinski definition) is 5. The summed E-state index contributed by atoms with van der Waals surface area (Å²) in [4.78, 5) is 25.8. The molecule has 0 spiro atoms. The number of fused-ring (bicyclic) bond motifs is 1. The van der Waals surface area contributed by atoms with Gasteiger partial charge >= 0.3 is 6.16 Å². The van der Waals surface area contributed by atoms with Gasteiger partial charge in [0, 0.05) is 24.3 Å². The summed E-state index contributed by atoms with van der Waals surface area (Å²) in [5, 5.41) is 0. The molecule has 0 radical (unpaired) electrons. The molecular weight excluding hydrogens is 320 g/mol. The lowest BCUT2D eigenvalue weighted by Crippen LogP contribution is -2.36. The molecule has 0 saturated carbocycles. The summed E-state index contributed by atoms with van der Waals surface area (Å²) in [6, 6.07) is 12.3. The number of carbonyl (C=O) groups excluding carboxylic acids is 2. The fraction of sp³-hybridized carbons (Fsp3) is 0.263. The van der Waals surface area contributed by atoms with E-state index in [9.17, 15) is 9.59 Å². The fourth-order valence-corrected chi connectivity index (χ4v) is 2.84. The van der Waals surface area contributed by atoms with Crippen LogP contribution in [0, 0.1) is 0 Å². The lowest BCUT2D eigenvalue weighted by molar-refractivity contribution is 0.0734. The van der Waals surface area contributed by atoms with Gasteiger partial charge in [0.05, 0.1) is 6.61 Å². The Bertz CT molecular complexity index is 787. The average molecular weight is 340 g/mol. The lowest BCUT2D eigenvalue weighted by Gasteiger charge is -2.29. The normalized spacial score (nSPS) is 13.1. The first kappa shape index (κ1) is 16.8. The summed E-state index contributed by atoms with van der Waals surface area (Å²) < 4.78 is 9.71. The molecule has 0 fully saturated rings. The van der Waals surface area contributed by atoms with Gasteiger partial charge in [0.25, 0.3) is 5.91 Å². The summed E-state index contributed by atoms with van der Waals surface area (Å²) in [6.07, 6.45) is 0.0533. The molecule has 0 aliphatic carbocycles. The molecule has 130 valence electrons. The van der Waals surface area contributed by atoms with E-state index >= 15 is 0 Å². The minimum atomic E-state index is -0.758. The maximum Gasteiger partial charge on any atom is 0.513 e. The summed E-state index contributed by atoms with van der Waals surface area (Å²) in [5.74, 6) is 0.280. The highest BCUT2D eigenvalue weighted by Crippen LogP contribution is 2.23. The third-order valence-electron chi connectivity index (χ3n) is 4.09. The molecule has 2 N–H and O–H groups in total. The SMILES string of the molecule is CCOC(=O)Oc1ccc(C(=O)N2CCc3ccc(N)cc3C2)cc1. The van der Waals surface area contributed by atoms with Crippen molar-refractivity contribution in [2.75, 3.05) is 18.9 Å². The van der Waals surface area contributed by atoms with Crippen LogP contribution in [0.2, 0.25) is 0 Å². The maximum absolute atomic E-state index is 12.7. The number of anilines is 1. The minimum Gasteiger partial charge on any atom is -0.434 e. The Hall–Kier alpha value is -3.02. The monoisotopic (exact) mass is 340 g/mol. The Morgan fingerprint density at radius 3 is 2.60 bits per heavy atom. The van der Waals surface area contributed by atoms with E-state index < -0.39 is 6.16 Å². The van der Waals surface area contributed by atoms with Crippen LogP contribution >= 0.6 is 0 Å². The predicted octanol–water partition coefficient (Wildman–Crippen LogP) is 3.00. The first-order chi connectivity index (χ1) is 12.1. The first-order valence-corrected chi connectivity index (χ1v) is 8.18. The molecule has 2 aromatic rings. The van der Waals surface area contributed by atoms with Crippen LogP contribution in [0.3, 0.4) is 0 Å². The number of nitrogens with two attached hydrogens (primary N) is 1. The molecule has 0 unspecified atom stereocenters. The topological polar surface area (TPSA) is 81.9 Å². The van der Waals surface area contributed by atoms with Crippen LogP contribution < -0.4 is 10.5 Å². The highest BCUT2D eigenvalue weighted by Gasteiger charge is 2.22. The lowest BCUT2D eigenvalue weighted by atomic mass is 9.98. The van der Waals surface area contributed by atoms with E-state index in [0.717, 1.165) is 12.0 Å². The largest absolute Gasteiger partial charge is 0.513 e. The number of nitrogens with zero attached hydrogens (tertiary/aromatic N) is 1. The third kappa shape index (κ3) is 3.91. The second-order valence-corrected chi connectivity index (χ2v) is 5.81. The van der Waals surface area contributed by atoms with Gasteiger partial charge in [-0.25, -0.2) is 4.79 Å². The Morgan fingerprint density at radius 2 is 1.88 bits per heavy atom. The van der Waals surface area contributed by atoms with Gasteiger partial charge in [-0.3, -0.25) is 4.79 Å². The molecule has 1 amide bonds. The van der Waals surface area contributed by atoms with Crippen LogP contribution in [0.1, 0.15) is 28.4 Å². The van der Waals surface area contributed by atoms with Crippen molar-refractivity contribution < 1.29 is 19.1 Å². The number of ether oxygens (including phenoxy) is 2. The maximum atomic E-state index is 12.7. The molecule has 0 bridgehead atoms. The van der Waals surface area contributed by atoms with E-state index in [1.165, 1.54) is 5.56 Å². The standard InChI is InChI=1S/C19H20N2O4/c1-2-24-19(23)25-17-7-4-14(5-8-17)18(22)21-10-9-13-3-6-16(20)11-15(13)12-21/h3-8,11H,2,9-10,12,20H2,1H3. The minimum absolute atomic E-state index is 0.0595. The predicted molar refractivity (Wildman–Crippen MR) is 93.4 cm³/mol. The van der Waals surface area contributed by atoms with Gasteiger partial charge in [-0.15, -0.1) is 0 Å². The van der Waals surface area contributed by atoms with Crippen molar-refractivity contribution in [2.45, 2.75) is 19.9 Å². The van der Waals surface area contributed by atoms with Crippen LogP contribution in [0.4, 0.5) is 10.5 Å². The molecule has 1 aliphatic rings. The molecule has 1 aliphatic heterocycles. The molecule has 2 aromatic carbocycles. The van der Waals surface area contributed by atoms with Gasteiger partial charge in [-0.2, -0.15) is 0 Å². The molecule has 1 heterocycles. The number of amides is 1. The van der Waals surface area contributed by atoms with Gasteiger partial charge < -0.3 is 20.1 Å². The zero-order chi connectivity index (χ0) is 17.8. The number of carbonyl (C=O) groups is 2. The van der Waals surface area contributed by atoms with Gasteiger partial charge in [-0.05, 0) is 60.9 Å². The molecule has 25 heavy (non-hydrogen) atoms. The van der Waals surface area contributed by atoms with Crippen LogP contribution in [-0.2, 0) is 17.7 Å². The van der Waals surface area contributed by atoms with E-state index in [1.54, 1.807) is 36.1 Å². The van der Waals surface area contributed by atoms with Crippen molar-refractivity contribution in [3.05, 3.63) is 59.2 Å². The van der Waals surface area contributed by atoms with Gasteiger partial charge in [0.1, 0.15) is 5.75 Å². The summed E-state index contributed by atoms with van der Waals surface area (Å²) in [7, 11) is 0. The second-order valence-electron chi connectivity index (χ2n) is 5.81. The molecule has 0 saturated heterocycles. The van der Waals surface area contributed by atoms with E-state index in [2.05, 4.69) is 0 Å². The third-order valence-corrected chi connectivity index (χ3v) is 4.09.